The van der Waals surface area contributed by atoms with Crippen LogP contribution in [-0.2, 0) is 10.5 Å². The van der Waals surface area contributed by atoms with Crippen LogP contribution in [0.5, 0.6) is 0 Å². The van der Waals surface area contributed by atoms with E-state index in [2.05, 4.69) is 15.4 Å². The SMILES string of the molecule is O=C1CCCC2=C1C(c1ccccc1F)n1nc(SCc3ccc(Cl)cc3)nc1N2. The van der Waals surface area contributed by atoms with E-state index in [4.69, 9.17) is 11.6 Å². The Hall–Kier alpha value is -2.64. The van der Waals surface area contributed by atoms with Crippen LogP contribution < -0.4 is 5.32 Å². The van der Waals surface area contributed by atoms with E-state index < -0.39 is 6.04 Å². The smallest absolute Gasteiger partial charge is 0.227 e. The van der Waals surface area contributed by atoms with Gasteiger partial charge in [-0.1, -0.05) is 53.7 Å². The Morgan fingerprint density at radius 2 is 1.97 bits per heavy atom. The van der Waals surface area contributed by atoms with Crippen molar-refractivity contribution in [3.05, 3.63) is 81.8 Å². The highest BCUT2D eigenvalue weighted by Gasteiger charge is 2.37. The Kier molecular flexibility index (Phi) is 5.08. The fraction of sp³-hybridized carbons (Fsp3) is 0.227. The number of carbonyl (C=O) groups excluding carboxylic acids is 1. The second-order valence-electron chi connectivity index (χ2n) is 7.30. The third-order valence-corrected chi connectivity index (χ3v) is 6.49. The monoisotopic (exact) mass is 440 g/mol. The summed E-state index contributed by atoms with van der Waals surface area (Å²) >= 11 is 7.44. The predicted molar refractivity (Wildman–Crippen MR) is 115 cm³/mol. The van der Waals surface area contributed by atoms with Crippen molar-refractivity contribution in [3.63, 3.8) is 0 Å². The standard InChI is InChI=1S/C22H18ClFN4OS/c23-14-10-8-13(9-11-14)12-30-22-26-21-25-17-6-3-7-18(29)19(17)20(28(21)27-22)15-4-1-2-5-16(15)24/h1-2,4-5,8-11,20H,3,6-7,12H2,(H,25,26,27). The number of anilines is 1. The summed E-state index contributed by atoms with van der Waals surface area (Å²) in [5, 5.41) is 9.17. The minimum atomic E-state index is -0.609. The van der Waals surface area contributed by atoms with Gasteiger partial charge in [0.2, 0.25) is 11.1 Å². The molecule has 0 bridgehead atoms. The molecular weight excluding hydrogens is 423 g/mol. The molecule has 30 heavy (non-hydrogen) atoms. The van der Waals surface area contributed by atoms with Crippen LogP contribution in [0.1, 0.15) is 36.4 Å². The van der Waals surface area contributed by atoms with Gasteiger partial charge in [0, 0.05) is 34.0 Å². The molecule has 2 aromatic carbocycles. The maximum absolute atomic E-state index is 14.7. The summed E-state index contributed by atoms with van der Waals surface area (Å²) in [4.78, 5) is 17.4. The largest absolute Gasteiger partial charge is 0.328 e. The van der Waals surface area contributed by atoms with Crippen LogP contribution in [0.2, 0.25) is 5.02 Å². The third-order valence-electron chi connectivity index (χ3n) is 5.33. The van der Waals surface area contributed by atoms with Gasteiger partial charge in [-0.05, 0) is 36.6 Å². The average molecular weight is 441 g/mol. The van der Waals surface area contributed by atoms with Gasteiger partial charge in [-0.15, -0.1) is 5.10 Å². The average Bonchev–Trinajstić information content (AvgIpc) is 3.15. The summed E-state index contributed by atoms with van der Waals surface area (Å²) in [5.74, 6) is 0.895. The molecule has 1 aromatic heterocycles. The molecular formula is C22H18ClFN4OS. The first-order valence-electron chi connectivity index (χ1n) is 9.71. The Morgan fingerprint density at radius 3 is 2.77 bits per heavy atom. The Labute approximate surface area is 182 Å². The molecule has 1 unspecified atom stereocenters. The molecule has 1 N–H and O–H groups in total. The van der Waals surface area contributed by atoms with E-state index in [-0.39, 0.29) is 11.6 Å². The van der Waals surface area contributed by atoms with Crippen molar-refractivity contribution >= 4 is 35.1 Å². The van der Waals surface area contributed by atoms with Gasteiger partial charge in [0.05, 0.1) is 0 Å². The molecule has 0 radical (unpaired) electrons. The number of hydrogen-bond donors (Lipinski definition) is 1. The van der Waals surface area contributed by atoms with Crippen LogP contribution in [0.4, 0.5) is 10.3 Å². The first-order chi connectivity index (χ1) is 14.6. The number of thioether (sulfide) groups is 1. The Morgan fingerprint density at radius 1 is 1.17 bits per heavy atom. The molecule has 1 aliphatic heterocycles. The molecule has 0 amide bonds. The number of nitrogens with zero attached hydrogens (tertiary/aromatic N) is 3. The highest BCUT2D eigenvalue weighted by atomic mass is 35.5. The lowest BCUT2D eigenvalue weighted by Gasteiger charge is -2.32. The summed E-state index contributed by atoms with van der Waals surface area (Å²) in [7, 11) is 0. The van der Waals surface area contributed by atoms with Crippen molar-refractivity contribution in [2.45, 2.75) is 36.2 Å². The van der Waals surface area contributed by atoms with Crippen molar-refractivity contribution in [2.75, 3.05) is 5.32 Å². The molecule has 0 fully saturated rings. The number of nitrogens with one attached hydrogen (secondary N) is 1. The molecule has 1 aliphatic carbocycles. The fourth-order valence-electron chi connectivity index (χ4n) is 3.91. The van der Waals surface area contributed by atoms with Crippen molar-refractivity contribution < 1.29 is 9.18 Å². The molecule has 8 heteroatoms. The number of ketones is 1. The normalized spacial score (nSPS) is 18.1. The van der Waals surface area contributed by atoms with Crippen LogP contribution in [0.15, 0.2) is 65.0 Å². The summed E-state index contributed by atoms with van der Waals surface area (Å²) < 4.78 is 16.4. The maximum atomic E-state index is 14.7. The summed E-state index contributed by atoms with van der Waals surface area (Å²) in [5.41, 5.74) is 2.96. The van der Waals surface area contributed by atoms with Gasteiger partial charge < -0.3 is 5.32 Å². The van der Waals surface area contributed by atoms with Gasteiger partial charge in [-0.3, -0.25) is 4.79 Å². The van der Waals surface area contributed by atoms with E-state index >= 15 is 0 Å². The molecule has 0 saturated carbocycles. The molecule has 5 rings (SSSR count). The lowest BCUT2D eigenvalue weighted by atomic mass is 9.85. The van der Waals surface area contributed by atoms with Gasteiger partial charge in [-0.25, -0.2) is 9.07 Å². The van der Waals surface area contributed by atoms with Crippen LogP contribution >= 0.6 is 23.4 Å². The number of hydrogen-bond acceptors (Lipinski definition) is 5. The minimum Gasteiger partial charge on any atom is -0.328 e. The zero-order valence-corrected chi connectivity index (χ0v) is 17.5. The quantitative estimate of drug-likeness (QED) is 0.551. The van der Waals surface area contributed by atoms with E-state index in [9.17, 15) is 9.18 Å². The number of fused-ring (bicyclic) bond motifs is 1. The van der Waals surface area contributed by atoms with Gasteiger partial charge in [0.15, 0.2) is 5.78 Å². The van der Waals surface area contributed by atoms with E-state index in [0.717, 1.165) is 24.1 Å². The number of Topliss-reactive ketones (excluding diaryl/α,β-unsaturated/α-hetero) is 1. The third kappa shape index (κ3) is 3.52. The molecule has 1 atom stereocenters. The van der Waals surface area contributed by atoms with E-state index in [1.165, 1.54) is 17.8 Å². The molecule has 3 aromatic rings. The minimum absolute atomic E-state index is 0.0357. The van der Waals surface area contributed by atoms with Gasteiger partial charge in [0.25, 0.3) is 0 Å². The van der Waals surface area contributed by atoms with Crippen LogP contribution in [0.25, 0.3) is 0 Å². The molecule has 2 heterocycles. The molecule has 0 spiro atoms. The van der Waals surface area contributed by atoms with E-state index in [1.807, 2.05) is 24.3 Å². The topological polar surface area (TPSA) is 59.8 Å². The van der Waals surface area contributed by atoms with Crippen LogP contribution in [0, 0.1) is 5.82 Å². The highest BCUT2D eigenvalue weighted by molar-refractivity contribution is 7.98. The zero-order chi connectivity index (χ0) is 20.7. The number of benzene rings is 2. The van der Waals surface area contributed by atoms with Crippen molar-refractivity contribution in [3.8, 4) is 0 Å². The van der Waals surface area contributed by atoms with Gasteiger partial charge >= 0.3 is 0 Å². The van der Waals surface area contributed by atoms with E-state index in [1.54, 1.807) is 22.9 Å². The van der Waals surface area contributed by atoms with Crippen molar-refractivity contribution in [2.24, 2.45) is 0 Å². The lowest BCUT2D eigenvalue weighted by molar-refractivity contribution is -0.116. The molecule has 2 aliphatic rings. The first-order valence-corrected chi connectivity index (χ1v) is 11.1. The van der Waals surface area contributed by atoms with Crippen LogP contribution in [-0.4, -0.2) is 20.5 Å². The molecule has 0 saturated heterocycles. The fourth-order valence-corrected chi connectivity index (χ4v) is 4.82. The number of carbonyl (C=O) groups is 1. The van der Waals surface area contributed by atoms with Gasteiger partial charge in [0.1, 0.15) is 11.9 Å². The van der Waals surface area contributed by atoms with Crippen molar-refractivity contribution in [1.82, 2.24) is 14.8 Å². The second kappa shape index (κ2) is 7.89. The Bertz CT molecular complexity index is 1160. The van der Waals surface area contributed by atoms with Gasteiger partial charge in [-0.2, -0.15) is 4.98 Å². The Balaban J connectivity index is 1.51. The molecule has 152 valence electrons. The highest BCUT2D eigenvalue weighted by Crippen LogP contribution is 2.41. The lowest BCUT2D eigenvalue weighted by Crippen LogP contribution is -2.32. The molecule has 5 nitrogen and oxygen atoms in total. The second-order valence-corrected chi connectivity index (χ2v) is 8.67. The maximum Gasteiger partial charge on any atom is 0.227 e. The number of allylic oxidation sites excluding steroid dienone is 2. The number of rotatable bonds is 4. The summed E-state index contributed by atoms with van der Waals surface area (Å²) in [6.07, 6.45) is 1.99. The van der Waals surface area contributed by atoms with Crippen LogP contribution in [0.3, 0.4) is 0 Å². The zero-order valence-electron chi connectivity index (χ0n) is 15.9. The number of aromatic nitrogens is 3. The first kappa shape index (κ1) is 19.3. The summed E-state index contributed by atoms with van der Waals surface area (Å²) in [6, 6.07) is 13.6. The number of halogens is 2. The summed E-state index contributed by atoms with van der Waals surface area (Å²) in [6.45, 7) is 0. The van der Waals surface area contributed by atoms with Crippen molar-refractivity contribution in [1.29, 1.82) is 0 Å². The van der Waals surface area contributed by atoms with E-state index in [0.29, 0.717) is 39.4 Å². The predicted octanol–water partition coefficient (Wildman–Crippen LogP) is 5.38.